The van der Waals surface area contributed by atoms with E-state index in [1.807, 2.05) is 18.3 Å². The second-order valence-electron chi connectivity index (χ2n) is 8.58. The first-order valence-corrected chi connectivity index (χ1v) is 9.44. The molecule has 0 saturated carbocycles. The Bertz CT molecular complexity index is 815. The lowest BCUT2D eigenvalue weighted by Gasteiger charge is -2.22. The fourth-order valence-electron chi connectivity index (χ4n) is 2.99. The van der Waals surface area contributed by atoms with Crippen molar-refractivity contribution < 1.29 is 10.0 Å². The highest BCUT2D eigenvalue weighted by molar-refractivity contribution is 5.90. The van der Waals surface area contributed by atoms with E-state index in [0.717, 1.165) is 30.0 Å². The summed E-state index contributed by atoms with van der Waals surface area (Å²) in [5.41, 5.74) is 5.54. The van der Waals surface area contributed by atoms with E-state index in [4.69, 9.17) is 10.2 Å². The summed E-state index contributed by atoms with van der Waals surface area (Å²) in [6, 6.07) is 3.90. The molecule has 0 aliphatic carbocycles. The van der Waals surface area contributed by atoms with E-state index in [-0.39, 0.29) is 5.41 Å². The maximum atomic E-state index is 11.2. The molecule has 0 spiro atoms. The van der Waals surface area contributed by atoms with Gasteiger partial charge in [-0.3, -0.25) is 10.0 Å². The van der Waals surface area contributed by atoms with Crippen molar-refractivity contribution in [3.63, 3.8) is 0 Å². The Labute approximate surface area is 161 Å². The topological polar surface area (TPSA) is 69.9 Å². The number of carbonyl (C=O) groups excluding carboxylic acids is 1. The molecule has 0 fully saturated rings. The second-order valence-corrected chi connectivity index (χ2v) is 8.58. The van der Waals surface area contributed by atoms with Crippen LogP contribution in [0.15, 0.2) is 24.4 Å². The molecule has 0 bridgehead atoms. The lowest BCUT2D eigenvalue weighted by molar-refractivity contribution is -0.124. The number of hydrogen-bond donors (Lipinski definition) is 2. The summed E-state index contributed by atoms with van der Waals surface area (Å²) < 4.78 is 2.13. The van der Waals surface area contributed by atoms with Gasteiger partial charge in [0, 0.05) is 24.2 Å². The van der Waals surface area contributed by atoms with Crippen LogP contribution in [-0.4, -0.2) is 39.0 Å². The quantitative estimate of drug-likeness (QED) is 0.442. The zero-order valence-electron chi connectivity index (χ0n) is 17.3. The molecule has 0 radical (unpaired) electrons. The lowest BCUT2D eigenvalue weighted by Crippen LogP contribution is -2.24. The fraction of sp³-hybridized carbons (Fsp3) is 0.524. The van der Waals surface area contributed by atoms with E-state index in [9.17, 15) is 4.79 Å². The summed E-state index contributed by atoms with van der Waals surface area (Å²) in [6.45, 7) is 12.9. The van der Waals surface area contributed by atoms with E-state index >= 15 is 0 Å². The maximum absolute atomic E-state index is 11.2. The van der Waals surface area contributed by atoms with Gasteiger partial charge in [-0.15, -0.1) is 0 Å². The van der Waals surface area contributed by atoms with Crippen molar-refractivity contribution in [3.8, 4) is 0 Å². The Kier molecular flexibility index (Phi) is 6.78. The largest absolute Gasteiger partial charge is 0.302 e. The predicted molar refractivity (Wildman–Crippen MR) is 109 cm³/mol. The molecule has 0 atom stereocenters. The zero-order chi connectivity index (χ0) is 20.2. The molecule has 2 heterocycles. The van der Waals surface area contributed by atoms with Gasteiger partial charge in [-0.2, -0.15) is 0 Å². The third-order valence-corrected chi connectivity index (χ3v) is 4.50. The molecule has 27 heavy (non-hydrogen) atoms. The second kappa shape index (κ2) is 8.67. The number of pyridine rings is 1. The Balaban J connectivity index is 2.38. The van der Waals surface area contributed by atoms with Gasteiger partial charge in [-0.05, 0) is 49.7 Å². The summed E-state index contributed by atoms with van der Waals surface area (Å²) in [4.78, 5) is 18.4. The number of hydroxylamine groups is 1. The Morgan fingerprint density at radius 3 is 2.70 bits per heavy atom. The van der Waals surface area contributed by atoms with Gasteiger partial charge in [0.05, 0.1) is 11.4 Å². The minimum Gasteiger partial charge on any atom is -0.302 e. The monoisotopic (exact) mass is 372 g/mol. The highest BCUT2D eigenvalue weighted by Gasteiger charge is 2.24. The first-order valence-electron chi connectivity index (χ1n) is 9.44. The molecular formula is C21H32N4O2. The van der Waals surface area contributed by atoms with Gasteiger partial charge in [0.25, 0.3) is 5.91 Å². The summed E-state index contributed by atoms with van der Waals surface area (Å²) in [6.07, 6.45) is 6.12. The van der Waals surface area contributed by atoms with Crippen LogP contribution in [0.4, 0.5) is 0 Å². The SMILES string of the molecule is CC(C)CCN(C)Cc1c(C(C)(C)C)nc2cc(/C=C/C(=O)NO)ccn12. The number of amides is 1. The van der Waals surface area contributed by atoms with Crippen LogP contribution < -0.4 is 5.48 Å². The Morgan fingerprint density at radius 2 is 2.11 bits per heavy atom. The van der Waals surface area contributed by atoms with E-state index in [1.165, 1.54) is 18.2 Å². The van der Waals surface area contributed by atoms with Crippen molar-refractivity contribution in [3.05, 3.63) is 41.4 Å². The molecule has 148 valence electrons. The van der Waals surface area contributed by atoms with E-state index in [0.29, 0.717) is 5.92 Å². The molecular weight excluding hydrogens is 340 g/mol. The smallest absolute Gasteiger partial charge is 0.267 e. The average Bonchev–Trinajstić information content (AvgIpc) is 2.96. The third-order valence-electron chi connectivity index (χ3n) is 4.50. The molecule has 0 unspecified atom stereocenters. The summed E-state index contributed by atoms with van der Waals surface area (Å²) in [7, 11) is 2.15. The lowest BCUT2D eigenvalue weighted by atomic mass is 9.90. The highest BCUT2D eigenvalue weighted by Crippen LogP contribution is 2.27. The van der Waals surface area contributed by atoms with Gasteiger partial charge in [-0.1, -0.05) is 34.6 Å². The Hall–Kier alpha value is -2.18. The molecule has 6 nitrogen and oxygen atoms in total. The standard InChI is InChI=1S/C21H32N4O2/c1-15(2)9-11-24(6)14-17-20(21(3,4)5)22-18-13-16(10-12-25(17)18)7-8-19(26)23-27/h7-8,10,12-13,15,27H,9,11,14H2,1-6H3,(H,23,26)/b8-7+. The third kappa shape index (κ3) is 5.65. The number of nitrogens with one attached hydrogen (secondary N) is 1. The van der Waals surface area contributed by atoms with Crippen molar-refractivity contribution in [2.45, 2.75) is 53.0 Å². The van der Waals surface area contributed by atoms with Gasteiger partial charge in [0.2, 0.25) is 0 Å². The molecule has 2 N–H and O–H groups in total. The van der Waals surface area contributed by atoms with Crippen LogP contribution in [0.5, 0.6) is 0 Å². The van der Waals surface area contributed by atoms with E-state index in [1.54, 1.807) is 11.6 Å². The van der Waals surface area contributed by atoms with Gasteiger partial charge in [0.1, 0.15) is 5.65 Å². The molecule has 0 aliphatic rings. The first kappa shape index (κ1) is 21.1. The van der Waals surface area contributed by atoms with Gasteiger partial charge >= 0.3 is 0 Å². The number of fused-ring (bicyclic) bond motifs is 1. The molecule has 2 aromatic heterocycles. The molecule has 0 aromatic carbocycles. The van der Waals surface area contributed by atoms with Crippen LogP contribution in [0.25, 0.3) is 11.7 Å². The van der Waals surface area contributed by atoms with Crippen molar-refractivity contribution in [2.24, 2.45) is 5.92 Å². The van der Waals surface area contributed by atoms with Crippen molar-refractivity contribution in [1.29, 1.82) is 0 Å². The van der Waals surface area contributed by atoms with Gasteiger partial charge in [0.15, 0.2) is 0 Å². The van der Waals surface area contributed by atoms with Crippen LogP contribution in [0, 0.1) is 5.92 Å². The predicted octanol–water partition coefficient (Wildman–Crippen LogP) is 3.63. The van der Waals surface area contributed by atoms with E-state index < -0.39 is 5.91 Å². The number of aromatic nitrogens is 2. The summed E-state index contributed by atoms with van der Waals surface area (Å²) >= 11 is 0. The summed E-state index contributed by atoms with van der Waals surface area (Å²) in [5.74, 6) is 0.128. The van der Waals surface area contributed by atoms with E-state index in [2.05, 4.69) is 51.0 Å². The number of hydrogen-bond acceptors (Lipinski definition) is 4. The minimum absolute atomic E-state index is 0.0625. The molecule has 2 rings (SSSR count). The molecule has 2 aromatic rings. The molecule has 6 heteroatoms. The zero-order valence-corrected chi connectivity index (χ0v) is 17.3. The Morgan fingerprint density at radius 1 is 1.41 bits per heavy atom. The normalized spacial score (nSPS) is 12.6. The molecule has 0 aliphatic heterocycles. The van der Waals surface area contributed by atoms with Crippen LogP contribution in [0.1, 0.15) is 58.0 Å². The van der Waals surface area contributed by atoms with Gasteiger partial charge < -0.3 is 9.30 Å². The number of rotatable bonds is 7. The van der Waals surface area contributed by atoms with Crippen LogP contribution >= 0.6 is 0 Å². The minimum atomic E-state index is -0.555. The van der Waals surface area contributed by atoms with Crippen molar-refractivity contribution in [1.82, 2.24) is 19.8 Å². The molecule has 0 saturated heterocycles. The summed E-state index contributed by atoms with van der Waals surface area (Å²) in [5, 5.41) is 8.60. The van der Waals surface area contributed by atoms with Crippen molar-refractivity contribution in [2.75, 3.05) is 13.6 Å². The number of carbonyl (C=O) groups is 1. The van der Waals surface area contributed by atoms with Crippen molar-refractivity contribution >= 4 is 17.6 Å². The van der Waals surface area contributed by atoms with Crippen LogP contribution in [0.2, 0.25) is 0 Å². The first-order chi connectivity index (χ1) is 12.6. The molecule has 1 amide bonds. The van der Waals surface area contributed by atoms with Crippen LogP contribution in [-0.2, 0) is 16.8 Å². The highest BCUT2D eigenvalue weighted by atomic mass is 16.5. The maximum Gasteiger partial charge on any atom is 0.267 e. The van der Waals surface area contributed by atoms with Gasteiger partial charge in [-0.25, -0.2) is 10.5 Å². The number of imidazole rings is 1. The van der Waals surface area contributed by atoms with Crippen LogP contribution in [0.3, 0.4) is 0 Å². The number of nitrogens with zero attached hydrogens (tertiary/aromatic N) is 3. The fourth-order valence-corrected chi connectivity index (χ4v) is 2.99. The average molecular weight is 373 g/mol.